The molecule has 1 saturated heterocycles. The number of hydrogen-bond acceptors (Lipinski definition) is 2. The molecule has 2 atom stereocenters. The highest BCUT2D eigenvalue weighted by Gasteiger charge is 2.41. The van der Waals surface area contributed by atoms with Crippen LogP contribution in [0.4, 0.5) is 0 Å². The molecule has 74 valence electrons. The van der Waals surface area contributed by atoms with E-state index in [1.807, 2.05) is 0 Å². The predicted molar refractivity (Wildman–Crippen MR) is 50.4 cm³/mol. The lowest BCUT2D eigenvalue weighted by molar-refractivity contribution is -0.139. The van der Waals surface area contributed by atoms with E-state index in [1.54, 1.807) is 13.8 Å². The molecule has 0 aliphatic carbocycles. The zero-order chi connectivity index (χ0) is 10.0. The molecule has 13 heavy (non-hydrogen) atoms. The molecule has 0 aromatic rings. The Labute approximate surface area is 83.0 Å². The van der Waals surface area contributed by atoms with Gasteiger partial charge in [-0.3, -0.25) is 14.5 Å². The van der Waals surface area contributed by atoms with Gasteiger partial charge < -0.3 is 0 Å². The van der Waals surface area contributed by atoms with Crippen molar-refractivity contribution >= 4 is 23.4 Å². The summed E-state index contributed by atoms with van der Waals surface area (Å²) in [5.41, 5.74) is 0. The molecule has 0 bridgehead atoms. The Bertz CT molecular complexity index is 210. The molecule has 0 radical (unpaired) electrons. The Kier molecular flexibility index (Phi) is 3.31. The van der Waals surface area contributed by atoms with Crippen LogP contribution in [0, 0.1) is 11.8 Å². The molecular weight excluding hydrogens is 190 g/mol. The van der Waals surface area contributed by atoms with Crippen molar-refractivity contribution in [3.63, 3.8) is 0 Å². The van der Waals surface area contributed by atoms with Crippen LogP contribution in [-0.4, -0.2) is 29.1 Å². The zero-order valence-electron chi connectivity index (χ0n) is 7.92. The van der Waals surface area contributed by atoms with Crippen LogP contribution in [0.2, 0.25) is 0 Å². The first-order valence-electron chi connectivity index (χ1n) is 4.50. The SMILES string of the molecule is C[C@@H]1C(=O)N(CCCCl)C(=O)[C@H]1C. The van der Waals surface area contributed by atoms with Crippen molar-refractivity contribution in [1.29, 1.82) is 0 Å². The molecule has 1 rings (SSSR count). The Hall–Kier alpha value is -0.570. The van der Waals surface area contributed by atoms with Gasteiger partial charge >= 0.3 is 0 Å². The van der Waals surface area contributed by atoms with Crippen molar-refractivity contribution < 1.29 is 9.59 Å². The maximum atomic E-state index is 11.5. The molecule has 1 aliphatic heterocycles. The largest absolute Gasteiger partial charge is 0.282 e. The molecule has 0 unspecified atom stereocenters. The second-order valence-corrected chi connectivity index (χ2v) is 3.83. The second kappa shape index (κ2) is 4.09. The Balaban J connectivity index is 2.64. The van der Waals surface area contributed by atoms with Gasteiger partial charge in [-0.2, -0.15) is 0 Å². The third-order valence-electron chi connectivity index (χ3n) is 2.58. The molecule has 0 saturated carbocycles. The van der Waals surface area contributed by atoms with E-state index in [9.17, 15) is 9.59 Å². The summed E-state index contributed by atoms with van der Waals surface area (Å²) >= 11 is 5.50. The van der Waals surface area contributed by atoms with Crippen molar-refractivity contribution in [2.45, 2.75) is 20.3 Å². The van der Waals surface area contributed by atoms with Gasteiger partial charge in [-0.25, -0.2) is 0 Å². The minimum absolute atomic E-state index is 0.0531. The predicted octanol–water partition coefficient (Wildman–Crippen LogP) is 1.26. The first-order chi connectivity index (χ1) is 6.09. The highest BCUT2D eigenvalue weighted by Crippen LogP contribution is 2.25. The van der Waals surface area contributed by atoms with E-state index in [1.165, 1.54) is 4.90 Å². The number of carbonyl (C=O) groups is 2. The molecule has 4 heteroatoms. The Morgan fingerprint density at radius 3 is 2.08 bits per heavy atom. The van der Waals surface area contributed by atoms with Crippen molar-refractivity contribution in [3.05, 3.63) is 0 Å². The number of imide groups is 1. The molecule has 0 aromatic heterocycles. The Morgan fingerprint density at radius 1 is 1.23 bits per heavy atom. The van der Waals surface area contributed by atoms with Gasteiger partial charge in [-0.1, -0.05) is 13.8 Å². The molecule has 3 nitrogen and oxygen atoms in total. The van der Waals surface area contributed by atoms with Crippen molar-refractivity contribution in [3.8, 4) is 0 Å². The van der Waals surface area contributed by atoms with E-state index < -0.39 is 0 Å². The van der Waals surface area contributed by atoms with E-state index in [2.05, 4.69) is 0 Å². The summed E-state index contributed by atoms with van der Waals surface area (Å²) in [6.07, 6.45) is 0.679. The first-order valence-corrected chi connectivity index (χ1v) is 5.04. The van der Waals surface area contributed by atoms with Crippen LogP contribution in [0.5, 0.6) is 0 Å². The van der Waals surface area contributed by atoms with E-state index >= 15 is 0 Å². The van der Waals surface area contributed by atoms with Crippen LogP contribution in [0.15, 0.2) is 0 Å². The number of amides is 2. The molecule has 0 spiro atoms. The number of halogens is 1. The lowest BCUT2D eigenvalue weighted by Crippen LogP contribution is -2.32. The van der Waals surface area contributed by atoms with Gasteiger partial charge in [0.25, 0.3) is 0 Å². The smallest absolute Gasteiger partial charge is 0.232 e. The summed E-state index contributed by atoms with van der Waals surface area (Å²) in [5, 5.41) is 0. The molecule has 1 aliphatic rings. The lowest BCUT2D eigenvalue weighted by atomic mass is 10.00. The molecule has 2 amide bonds. The third-order valence-corrected chi connectivity index (χ3v) is 2.84. The van der Waals surface area contributed by atoms with Gasteiger partial charge in [0, 0.05) is 24.3 Å². The van der Waals surface area contributed by atoms with Crippen molar-refractivity contribution in [1.82, 2.24) is 4.90 Å². The van der Waals surface area contributed by atoms with E-state index in [4.69, 9.17) is 11.6 Å². The number of rotatable bonds is 3. The summed E-state index contributed by atoms with van der Waals surface area (Å²) < 4.78 is 0. The van der Waals surface area contributed by atoms with Crippen molar-refractivity contribution in [2.75, 3.05) is 12.4 Å². The van der Waals surface area contributed by atoms with Crippen LogP contribution in [-0.2, 0) is 9.59 Å². The van der Waals surface area contributed by atoms with Crippen LogP contribution in [0.25, 0.3) is 0 Å². The Morgan fingerprint density at radius 2 is 1.69 bits per heavy atom. The fraction of sp³-hybridized carbons (Fsp3) is 0.778. The summed E-state index contributed by atoms with van der Waals surface area (Å²) in [7, 11) is 0. The van der Waals surface area contributed by atoms with Gasteiger partial charge in [-0.05, 0) is 6.42 Å². The number of alkyl halides is 1. The summed E-state index contributed by atoms with van der Waals surface area (Å²) in [6.45, 7) is 4.06. The number of likely N-dealkylation sites (tertiary alicyclic amines) is 1. The van der Waals surface area contributed by atoms with Gasteiger partial charge in [0.2, 0.25) is 11.8 Å². The summed E-state index contributed by atoms with van der Waals surface area (Å²) in [6, 6.07) is 0. The topological polar surface area (TPSA) is 37.4 Å². The monoisotopic (exact) mass is 203 g/mol. The maximum absolute atomic E-state index is 11.5. The van der Waals surface area contributed by atoms with Gasteiger partial charge in [0.1, 0.15) is 0 Å². The number of hydrogen-bond donors (Lipinski definition) is 0. The number of nitrogens with zero attached hydrogens (tertiary/aromatic N) is 1. The average Bonchev–Trinajstić information content (AvgIpc) is 2.30. The highest BCUT2D eigenvalue weighted by molar-refractivity contribution is 6.17. The molecular formula is C9H14ClNO2. The number of carbonyl (C=O) groups excluding carboxylic acids is 2. The van der Waals surface area contributed by atoms with E-state index in [-0.39, 0.29) is 23.7 Å². The zero-order valence-corrected chi connectivity index (χ0v) is 8.67. The quantitative estimate of drug-likeness (QED) is 0.512. The molecule has 1 heterocycles. The normalized spacial score (nSPS) is 28.7. The van der Waals surface area contributed by atoms with Crippen LogP contribution >= 0.6 is 11.6 Å². The van der Waals surface area contributed by atoms with E-state index in [0.29, 0.717) is 18.8 Å². The van der Waals surface area contributed by atoms with E-state index in [0.717, 1.165) is 0 Å². The fourth-order valence-corrected chi connectivity index (χ4v) is 1.59. The maximum Gasteiger partial charge on any atom is 0.232 e. The minimum atomic E-state index is -0.164. The van der Waals surface area contributed by atoms with Gasteiger partial charge in [0.05, 0.1) is 0 Å². The van der Waals surface area contributed by atoms with Crippen LogP contribution in [0.1, 0.15) is 20.3 Å². The lowest BCUT2D eigenvalue weighted by Gasteiger charge is -2.12. The molecule has 0 N–H and O–H groups in total. The fourth-order valence-electron chi connectivity index (χ4n) is 1.47. The molecule has 1 fully saturated rings. The van der Waals surface area contributed by atoms with Crippen LogP contribution in [0.3, 0.4) is 0 Å². The third kappa shape index (κ3) is 1.85. The van der Waals surface area contributed by atoms with Gasteiger partial charge in [-0.15, -0.1) is 11.6 Å². The summed E-state index contributed by atoms with van der Waals surface area (Å²) in [4.78, 5) is 24.3. The second-order valence-electron chi connectivity index (χ2n) is 3.45. The summed E-state index contributed by atoms with van der Waals surface area (Å²) in [5.74, 6) is 0.0516. The average molecular weight is 204 g/mol. The van der Waals surface area contributed by atoms with Crippen LogP contribution < -0.4 is 0 Å². The standard InChI is InChI=1S/C9H14ClNO2/c1-6-7(2)9(13)11(8(6)12)5-3-4-10/h6-7H,3-5H2,1-2H3/t6-,7-/m0/s1. The van der Waals surface area contributed by atoms with Crippen molar-refractivity contribution in [2.24, 2.45) is 11.8 Å². The minimum Gasteiger partial charge on any atom is -0.282 e. The molecule has 0 aromatic carbocycles. The highest BCUT2D eigenvalue weighted by atomic mass is 35.5. The van der Waals surface area contributed by atoms with Gasteiger partial charge in [0.15, 0.2) is 0 Å². The first kappa shape index (κ1) is 10.5.